The van der Waals surface area contributed by atoms with Gasteiger partial charge in [-0.2, -0.15) is 0 Å². The number of amides is 2. The number of aromatic nitrogens is 1. The molecule has 3 atom stereocenters. The minimum atomic E-state index is -10.1. The summed E-state index contributed by atoms with van der Waals surface area (Å²) in [4.78, 5) is 29.7. The van der Waals surface area contributed by atoms with E-state index in [0.29, 0.717) is 17.0 Å². The van der Waals surface area contributed by atoms with Crippen LogP contribution in [0.15, 0.2) is 47.6 Å². The van der Waals surface area contributed by atoms with Crippen molar-refractivity contribution in [3.05, 3.63) is 54.1 Å². The summed E-state index contributed by atoms with van der Waals surface area (Å²) >= 11 is 0. The molecule has 1 aliphatic carbocycles. The van der Waals surface area contributed by atoms with E-state index >= 15 is 0 Å². The van der Waals surface area contributed by atoms with Crippen molar-refractivity contribution in [3.63, 3.8) is 0 Å². The van der Waals surface area contributed by atoms with Gasteiger partial charge >= 0.3 is 10.2 Å². The number of carbonyl (C=O) groups is 2. The van der Waals surface area contributed by atoms with Crippen LogP contribution in [0, 0.1) is 5.82 Å². The highest BCUT2D eigenvalue weighted by Gasteiger charge is 2.65. The zero-order chi connectivity index (χ0) is 32.1. The second kappa shape index (κ2) is 10.6. The van der Waals surface area contributed by atoms with Gasteiger partial charge in [0.05, 0.1) is 17.5 Å². The highest BCUT2D eigenvalue weighted by molar-refractivity contribution is 8.45. The lowest BCUT2D eigenvalue weighted by Crippen LogP contribution is -2.52. The predicted octanol–water partition coefficient (Wildman–Crippen LogP) is 5.42. The van der Waals surface area contributed by atoms with Gasteiger partial charge in [-0.3, -0.25) is 19.5 Å². The Bertz CT molecular complexity index is 1500. The van der Waals surface area contributed by atoms with Crippen LogP contribution in [0.3, 0.4) is 0 Å². The smallest absolute Gasteiger partial charge is 0.310 e. The van der Waals surface area contributed by atoms with Crippen LogP contribution < -0.4 is 15.5 Å². The lowest BCUT2D eigenvalue weighted by molar-refractivity contribution is -0.128. The largest absolute Gasteiger partial charge is 0.351 e. The normalized spacial score (nSPS) is 23.6. The van der Waals surface area contributed by atoms with Crippen LogP contribution in [0.25, 0.3) is 0 Å². The molecule has 4 rings (SSSR count). The Hall–Kier alpha value is -2.99. The van der Waals surface area contributed by atoms with Crippen LogP contribution in [0.4, 0.5) is 38.3 Å². The number of nitrogens with one attached hydrogen (secondary N) is 2. The summed E-state index contributed by atoms with van der Waals surface area (Å²) in [6.45, 7) is -0.180. The number of rotatable bonds is 8. The number of pyridine rings is 1. The van der Waals surface area contributed by atoms with Crippen molar-refractivity contribution in [2.45, 2.75) is 66.3 Å². The van der Waals surface area contributed by atoms with Gasteiger partial charge < -0.3 is 10.6 Å². The number of benzene rings is 1. The van der Waals surface area contributed by atoms with Gasteiger partial charge in [-0.1, -0.05) is 19.4 Å². The van der Waals surface area contributed by atoms with Crippen LogP contribution >= 0.6 is 10.2 Å². The highest BCUT2D eigenvalue weighted by Crippen LogP contribution is 3.02. The molecule has 8 nitrogen and oxygen atoms in total. The summed E-state index contributed by atoms with van der Waals surface area (Å²) in [6.07, 6.45) is 0.984. The van der Waals surface area contributed by atoms with Crippen molar-refractivity contribution < 1.29 is 50.6 Å². The minimum Gasteiger partial charge on any atom is -0.351 e. The van der Waals surface area contributed by atoms with Gasteiger partial charge in [0.1, 0.15) is 16.8 Å². The molecule has 0 radical (unpaired) electrons. The average Bonchev–Trinajstić information content (AvgIpc) is 3.38. The number of alkyl halides is 2. The Morgan fingerprint density at radius 1 is 1.07 bits per heavy atom. The highest BCUT2D eigenvalue weighted by atomic mass is 32.5. The number of anilines is 1. The van der Waals surface area contributed by atoms with Gasteiger partial charge in [0, 0.05) is 49.1 Å². The Kier molecular flexibility index (Phi) is 8.09. The molecule has 2 amide bonds. The SMILES string of the molecule is CS(=O)(=O)[C@@H]1CN[C@@H](C(=O)N(c2ccc(S(F)(F)(F)(F)F)cc2)C(C(=O)NC2CCC(F)(F)CC2)c2cncc(F)c2)C1. The minimum absolute atomic E-state index is 0.0283. The number of nitrogens with zero attached hydrogens (tertiary/aromatic N) is 2. The first-order valence-electron chi connectivity index (χ1n) is 12.9. The Labute approximate surface area is 241 Å². The molecule has 0 bridgehead atoms. The molecule has 1 saturated heterocycles. The standard InChI is InChI=1S/C25H28F8N4O4S2/c1-42(40,41)19-11-21(35-14-19)24(39)37(18-2-4-20(5-3-18)43(29,30,31,32)33)22(15-10-16(26)13-34-12-15)23(38)36-17-6-8-25(27,28)9-7-17/h2-5,10,12-13,17,19,21-22,35H,6-9,11,14H2,1H3,(H,36,38)/t19-,21+,22?/m0/s1. The van der Waals surface area contributed by atoms with Crippen molar-refractivity contribution >= 4 is 37.6 Å². The van der Waals surface area contributed by atoms with Crippen LogP contribution in [-0.2, 0) is 19.4 Å². The number of carbonyl (C=O) groups excluding carboxylic acids is 2. The maximum Gasteiger partial charge on any atom is 0.310 e. The predicted molar refractivity (Wildman–Crippen MR) is 143 cm³/mol. The second-order valence-electron chi connectivity index (χ2n) is 10.8. The van der Waals surface area contributed by atoms with E-state index in [0.717, 1.165) is 24.7 Å². The number of sulfone groups is 1. The van der Waals surface area contributed by atoms with Crippen LogP contribution in [0.5, 0.6) is 0 Å². The second-order valence-corrected chi connectivity index (χ2v) is 15.5. The molecule has 1 aromatic carbocycles. The van der Waals surface area contributed by atoms with E-state index in [9.17, 15) is 50.6 Å². The Balaban J connectivity index is 1.80. The molecular weight excluding hydrogens is 636 g/mol. The van der Waals surface area contributed by atoms with Gasteiger partial charge in [-0.05, 0) is 49.6 Å². The first-order chi connectivity index (χ1) is 19.5. The molecule has 2 aromatic rings. The fraction of sp³-hybridized carbons (Fsp3) is 0.480. The van der Waals surface area contributed by atoms with E-state index in [2.05, 4.69) is 15.6 Å². The molecule has 0 spiro atoms. The summed E-state index contributed by atoms with van der Waals surface area (Å²) in [7, 11) is -13.8. The molecule has 43 heavy (non-hydrogen) atoms. The lowest BCUT2D eigenvalue weighted by atomic mass is 9.91. The van der Waals surface area contributed by atoms with Gasteiger partial charge in [-0.25, -0.2) is 21.6 Å². The van der Waals surface area contributed by atoms with E-state index in [-0.39, 0.29) is 43.5 Å². The fourth-order valence-corrected chi connectivity index (χ4v) is 6.70. The Morgan fingerprint density at radius 3 is 2.19 bits per heavy atom. The van der Waals surface area contributed by atoms with Crippen molar-refractivity contribution in [1.82, 2.24) is 15.6 Å². The molecule has 2 aliphatic rings. The van der Waals surface area contributed by atoms with Crippen LogP contribution in [0.1, 0.15) is 43.7 Å². The first-order valence-corrected chi connectivity index (χ1v) is 16.8. The van der Waals surface area contributed by atoms with Crippen molar-refractivity contribution in [1.29, 1.82) is 0 Å². The summed E-state index contributed by atoms with van der Waals surface area (Å²) in [5.41, 5.74) is -0.763. The lowest BCUT2D eigenvalue weighted by Gasteiger charge is -2.41. The third-order valence-corrected chi connectivity index (χ3v) is 10.1. The van der Waals surface area contributed by atoms with Crippen LogP contribution in [-0.4, -0.2) is 61.3 Å². The summed E-state index contributed by atoms with van der Waals surface area (Å²) in [6, 6.07) is -2.05. The quantitative estimate of drug-likeness (QED) is 0.365. The van der Waals surface area contributed by atoms with Gasteiger partial charge in [-0.15, -0.1) is 0 Å². The van der Waals surface area contributed by atoms with Crippen LogP contribution in [0.2, 0.25) is 0 Å². The molecule has 1 aromatic heterocycles. The van der Waals surface area contributed by atoms with E-state index in [1.165, 1.54) is 0 Å². The molecule has 2 fully saturated rings. The molecule has 1 aliphatic heterocycles. The molecule has 18 heteroatoms. The number of hydrogen-bond acceptors (Lipinski definition) is 6. The molecule has 2 N–H and O–H groups in total. The van der Waals surface area contributed by atoms with E-state index in [1.807, 2.05) is 0 Å². The number of hydrogen-bond donors (Lipinski definition) is 2. The van der Waals surface area contributed by atoms with E-state index < -0.39 is 90.4 Å². The van der Waals surface area contributed by atoms with Crippen molar-refractivity contribution in [2.75, 3.05) is 17.7 Å². The molecular formula is C25H28F8N4O4S2. The summed E-state index contributed by atoms with van der Waals surface area (Å²) < 4.78 is 133. The topological polar surface area (TPSA) is 108 Å². The average molecular weight is 665 g/mol. The third-order valence-electron chi connectivity index (χ3n) is 7.40. The summed E-state index contributed by atoms with van der Waals surface area (Å²) in [5.74, 6) is -5.99. The maximum absolute atomic E-state index is 14.3. The monoisotopic (exact) mass is 664 g/mol. The third kappa shape index (κ3) is 7.94. The van der Waals surface area contributed by atoms with E-state index in [1.54, 1.807) is 0 Å². The molecule has 1 unspecified atom stereocenters. The molecule has 240 valence electrons. The number of halogens is 8. The zero-order valence-electron chi connectivity index (χ0n) is 22.5. The van der Waals surface area contributed by atoms with Crippen molar-refractivity contribution in [2.24, 2.45) is 0 Å². The van der Waals surface area contributed by atoms with Gasteiger partial charge in [0.25, 0.3) is 0 Å². The maximum atomic E-state index is 14.3. The first kappa shape index (κ1) is 32.9. The molecule has 2 heterocycles. The van der Waals surface area contributed by atoms with Crippen molar-refractivity contribution in [3.8, 4) is 0 Å². The van der Waals surface area contributed by atoms with Gasteiger partial charge in [0.2, 0.25) is 17.7 Å². The molecule has 1 saturated carbocycles. The fourth-order valence-electron chi connectivity index (χ4n) is 5.11. The Morgan fingerprint density at radius 2 is 1.67 bits per heavy atom. The van der Waals surface area contributed by atoms with Gasteiger partial charge in [0.15, 0.2) is 9.84 Å². The zero-order valence-corrected chi connectivity index (χ0v) is 24.1. The van der Waals surface area contributed by atoms with E-state index in [4.69, 9.17) is 0 Å². The summed E-state index contributed by atoms with van der Waals surface area (Å²) in [5, 5.41) is 4.18.